The number of nitrogens with zero attached hydrogens (tertiary/aromatic N) is 2. The molecule has 0 saturated heterocycles. The Hall–Kier alpha value is -2.34. The molecular weight excluding hydrogens is 274 g/mol. The van der Waals surface area contributed by atoms with Crippen molar-refractivity contribution in [2.24, 2.45) is 0 Å². The fourth-order valence-corrected chi connectivity index (χ4v) is 2.55. The van der Waals surface area contributed by atoms with Crippen molar-refractivity contribution < 1.29 is 9.53 Å². The fourth-order valence-electron chi connectivity index (χ4n) is 1.84. The van der Waals surface area contributed by atoms with Crippen LogP contribution in [0.3, 0.4) is 0 Å². The van der Waals surface area contributed by atoms with Crippen LogP contribution in [-0.2, 0) is 11.3 Å². The number of imidazole rings is 1. The van der Waals surface area contributed by atoms with Crippen molar-refractivity contribution >= 4 is 28.0 Å². The maximum absolute atomic E-state index is 11.9. The van der Waals surface area contributed by atoms with Gasteiger partial charge in [0.25, 0.3) is 0 Å². The van der Waals surface area contributed by atoms with Crippen LogP contribution in [0.25, 0.3) is 4.96 Å². The van der Waals surface area contributed by atoms with Crippen LogP contribution in [0.2, 0.25) is 0 Å². The van der Waals surface area contributed by atoms with Gasteiger partial charge in [-0.05, 0) is 24.6 Å². The van der Waals surface area contributed by atoms with Crippen LogP contribution >= 0.6 is 11.3 Å². The highest BCUT2D eigenvalue weighted by Gasteiger charge is 2.10. The standard InChI is InChI=1S/C14H13N3O2S/c1-9-2-3-10(6-12(9)15)13(18)19-8-11-7-17-4-5-20-14(17)16-11/h2-7H,8,15H2,1H3. The summed E-state index contributed by atoms with van der Waals surface area (Å²) < 4.78 is 7.14. The summed E-state index contributed by atoms with van der Waals surface area (Å²) in [6, 6.07) is 5.14. The highest BCUT2D eigenvalue weighted by Crippen LogP contribution is 2.15. The van der Waals surface area contributed by atoms with Crippen LogP contribution < -0.4 is 5.73 Å². The van der Waals surface area contributed by atoms with E-state index in [0.717, 1.165) is 16.2 Å². The molecule has 2 aromatic heterocycles. The van der Waals surface area contributed by atoms with Gasteiger partial charge in [0.1, 0.15) is 6.61 Å². The van der Waals surface area contributed by atoms with Gasteiger partial charge in [-0.2, -0.15) is 0 Å². The molecular formula is C14H13N3O2S. The molecule has 0 saturated carbocycles. The molecule has 0 aliphatic carbocycles. The zero-order chi connectivity index (χ0) is 14.1. The van der Waals surface area contributed by atoms with Gasteiger partial charge in [0, 0.05) is 23.5 Å². The molecule has 0 atom stereocenters. The number of esters is 1. The van der Waals surface area contributed by atoms with Crippen molar-refractivity contribution in [3.05, 3.63) is 52.8 Å². The van der Waals surface area contributed by atoms with Gasteiger partial charge in [-0.1, -0.05) is 6.07 Å². The normalized spacial score (nSPS) is 10.8. The number of carbonyl (C=O) groups excluding carboxylic acids is 1. The summed E-state index contributed by atoms with van der Waals surface area (Å²) in [4.78, 5) is 17.2. The minimum Gasteiger partial charge on any atom is -0.456 e. The van der Waals surface area contributed by atoms with Gasteiger partial charge >= 0.3 is 5.97 Å². The molecule has 0 radical (unpaired) electrons. The third-order valence-corrected chi connectivity index (χ3v) is 3.78. The number of aromatic nitrogens is 2. The molecule has 6 heteroatoms. The smallest absolute Gasteiger partial charge is 0.338 e. The van der Waals surface area contributed by atoms with Crippen LogP contribution in [0.15, 0.2) is 36.0 Å². The number of fused-ring (bicyclic) bond motifs is 1. The van der Waals surface area contributed by atoms with E-state index in [1.165, 1.54) is 11.3 Å². The Morgan fingerprint density at radius 2 is 2.35 bits per heavy atom. The van der Waals surface area contributed by atoms with Crippen molar-refractivity contribution in [2.75, 3.05) is 5.73 Å². The zero-order valence-corrected chi connectivity index (χ0v) is 11.7. The number of rotatable bonds is 3. The molecule has 0 spiro atoms. The Morgan fingerprint density at radius 3 is 3.10 bits per heavy atom. The fraction of sp³-hybridized carbons (Fsp3) is 0.143. The van der Waals surface area contributed by atoms with E-state index >= 15 is 0 Å². The third-order valence-electron chi connectivity index (χ3n) is 3.01. The minimum atomic E-state index is -0.395. The molecule has 3 rings (SSSR count). The average Bonchev–Trinajstić information content (AvgIpc) is 3.00. The van der Waals surface area contributed by atoms with Crippen LogP contribution in [0.4, 0.5) is 5.69 Å². The predicted molar refractivity (Wildman–Crippen MR) is 77.8 cm³/mol. The van der Waals surface area contributed by atoms with Gasteiger partial charge in [-0.15, -0.1) is 11.3 Å². The van der Waals surface area contributed by atoms with Gasteiger partial charge in [-0.25, -0.2) is 9.78 Å². The molecule has 0 aliphatic rings. The molecule has 0 bridgehead atoms. The van der Waals surface area contributed by atoms with Crippen LogP contribution in [0, 0.1) is 6.92 Å². The van der Waals surface area contributed by atoms with Gasteiger partial charge in [0.05, 0.1) is 11.3 Å². The van der Waals surface area contributed by atoms with Crippen LogP contribution in [0.5, 0.6) is 0 Å². The van der Waals surface area contributed by atoms with E-state index in [2.05, 4.69) is 4.98 Å². The minimum absolute atomic E-state index is 0.154. The summed E-state index contributed by atoms with van der Waals surface area (Å²) >= 11 is 1.54. The topological polar surface area (TPSA) is 69.6 Å². The first-order valence-electron chi connectivity index (χ1n) is 6.08. The molecule has 0 unspecified atom stereocenters. The summed E-state index contributed by atoms with van der Waals surface area (Å²) in [5.74, 6) is -0.395. The van der Waals surface area contributed by atoms with E-state index in [4.69, 9.17) is 10.5 Å². The summed E-state index contributed by atoms with van der Waals surface area (Å²) in [6.45, 7) is 2.04. The molecule has 20 heavy (non-hydrogen) atoms. The number of aryl methyl sites for hydroxylation is 1. The van der Waals surface area contributed by atoms with E-state index < -0.39 is 5.97 Å². The number of anilines is 1. The molecule has 1 aromatic carbocycles. The Bertz CT molecular complexity index is 747. The zero-order valence-electron chi connectivity index (χ0n) is 10.9. The van der Waals surface area contributed by atoms with Gasteiger partial charge < -0.3 is 10.5 Å². The first kappa shape index (κ1) is 12.7. The number of carbonyl (C=O) groups is 1. The Labute approximate surface area is 119 Å². The number of nitrogen functional groups attached to an aromatic ring is 1. The van der Waals surface area contributed by atoms with Crippen molar-refractivity contribution in [1.82, 2.24) is 9.38 Å². The Balaban J connectivity index is 1.69. The lowest BCUT2D eigenvalue weighted by Gasteiger charge is -2.05. The number of thiazole rings is 1. The summed E-state index contributed by atoms with van der Waals surface area (Å²) in [5.41, 5.74) is 8.49. The number of benzene rings is 1. The Morgan fingerprint density at radius 1 is 1.50 bits per heavy atom. The van der Waals surface area contributed by atoms with Crippen LogP contribution in [-0.4, -0.2) is 15.4 Å². The monoisotopic (exact) mass is 287 g/mol. The third kappa shape index (κ3) is 2.37. The summed E-state index contributed by atoms with van der Waals surface area (Å²) in [7, 11) is 0. The van der Waals surface area contributed by atoms with E-state index in [-0.39, 0.29) is 6.61 Å². The predicted octanol–water partition coefficient (Wildman–Crippen LogP) is 2.64. The lowest BCUT2D eigenvalue weighted by molar-refractivity contribution is 0.0468. The second kappa shape index (κ2) is 4.97. The van der Waals surface area contributed by atoms with Crippen molar-refractivity contribution in [1.29, 1.82) is 0 Å². The largest absolute Gasteiger partial charge is 0.456 e. The summed E-state index contributed by atoms with van der Waals surface area (Å²) in [6.07, 6.45) is 3.77. The second-order valence-electron chi connectivity index (χ2n) is 4.47. The lowest BCUT2D eigenvalue weighted by atomic mass is 10.1. The molecule has 2 heterocycles. The second-order valence-corrected chi connectivity index (χ2v) is 5.35. The average molecular weight is 287 g/mol. The molecule has 0 fully saturated rings. The maximum Gasteiger partial charge on any atom is 0.338 e. The van der Waals surface area contributed by atoms with E-state index in [9.17, 15) is 4.79 Å². The van der Waals surface area contributed by atoms with Crippen LogP contribution in [0.1, 0.15) is 21.6 Å². The van der Waals surface area contributed by atoms with E-state index in [1.54, 1.807) is 18.2 Å². The highest BCUT2D eigenvalue weighted by molar-refractivity contribution is 7.15. The molecule has 102 valence electrons. The van der Waals surface area contributed by atoms with Crippen molar-refractivity contribution in [3.8, 4) is 0 Å². The quantitative estimate of drug-likeness (QED) is 0.594. The van der Waals surface area contributed by atoms with Gasteiger partial charge in [-0.3, -0.25) is 4.40 Å². The van der Waals surface area contributed by atoms with Crippen molar-refractivity contribution in [3.63, 3.8) is 0 Å². The SMILES string of the molecule is Cc1ccc(C(=O)OCc2cn3ccsc3n2)cc1N. The Kier molecular flexibility index (Phi) is 3.15. The molecule has 2 N–H and O–H groups in total. The first-order chi connectivity index (χ1) is 9.63. The molecule has 3 aromatic rings. The molecule has 5 nitrogen and oxygen atoms in total. The number of ether oxygens (including phenoxy) is 1. The molecule has 0 amide bonds. The molecule has 0 aliphatic heterocycles. The van der Waals surface area contributed by atoms with Gasteiger partial charge in [0.15, 0.2) is 4.96 Å². The summed E-state index contributed by atoms with van der Waals surface area (Å²) in [5, 5.41) is 1.95. The lowest BCUT2D eigenvalue weighted by Crippen LogP contribution is -2.06. The maximum atomic E-state index is 11.9. The van der Waals surface area contributed by atoms with Crippen molar-refractivity contribution in [2.45, 2.75) is 13.5 Å². The first-order valence-corrected chi connectivity index (χ1v) is 6.96. The highest BCUT2D eigenvalue weighted by atomic mass is 32.1. The van der Waals surface area contributed by atoms with Gasteiger partial charge in [0.2, 0.25) is 0 Å². The number of hydrogen-bond donors (Lipinski definition) is 1. The van der Waals surface area contributed by atoms with E-state index in [0.29, 0.717) is 11.3 Å². The number of nitrogens with two attached hydrogens (primary N) is 1. The van der Waals surface area contributed by atoms with E-state index in [1.807, 2.05) is 29.1 Å². The number of hydrogen-bond acceptors (Lipinski definition) is 5.